The Hall–Kier alpha value is -3.55. The van der Waals surface area contributed by atoms with Crippen LogP contribution in [0.2, 0.25) is 0 Å². The number of carbonyl (C=O) groups excluding carboxylic acids is 2. The van der Waals surface area contributed by atoms with Gasteiger partial charge in [0.2, 0.25) is 11.7 Å². The lowest BCUT2D eigenvalue weighted by molar-refractivity contribution is -0.539. The van der Waals surface area contributed by atoms with Gasteiger partial charge in [-0.3, -0.25) is 20.4 Å². The Morgan fingerprint density at radius 2 is 1.20 bits per heavy atom. The van der Waals surface area contributed by atoms with Crippen LogP contribution in [0.5, 0.6) is 0 Å². The molecule has 0 saturated heterocycles. The number of hydrogen-bond donors (Lipinski definition) is 2. The highest BCUT2D eigenvalue weighted by Crippen LogP contribution is 2.29. The monoisotopic (exact) mass is 551 g/mol. The smallest absolute Gasteiger partial charge is 0.273 e. The van der Waals surface area contributed by atoms with E-state index in [9.17, 15) is 14.9 Å². The van der Waals surface area contributed by atoms with Crippen LogP contribution in [0.1, 0.15) is 85.3 Å². The Morgan fingerprint density at radius 1 is 0.750 bits per heavy atom. The highest BCUT2D eigenvalue weighted by molar-refractivity contribution is 6.08. The van der Waals surface area contributed by atoms with E-state index in [1.54, 1.807) is 6.92 Å². The Labute approximate surface area is 237 Å². The van der Waals surface area contributed by atoms with Crippen molar-refractivity contribution < 1.29 is 29.1 Å². The average Bonchev–Trinajstić information content (AvgIpc) is 2.96. The molecular formula is C31H41N3O6. The largest absolute Gasteiger partial charge is 0.280 e. The van der Waals surface area contributed by atoms with E-state index in [1.807, 2.05) is 108 Å². The van der Waals surface area contributed by atoms with Crippen molar-refractivity contribution in [1.29, 1.82) is 5.26 Å². The van der Waals surface area contributed by atoms with Crippen LogP contribution in [0.4, 0.5) is 0 Å². The van der Waals surface area contributed by atoms with E-state index in [2.05, 4.69) is 10.9 Å². The lowest BCUT2D eigenvalue weighted by Gasteiger charge is -2.34. The summed E-state index contributed by atoms with van der Waals surface area (Å²) >= 11 is 0. The predicted molar refractivity (Wildman–Crippen MR) is 152 cm³/mol. The third-order valence-corrected chi connectivity index (χ3v) is 6.43. The van der Waals surface area contributed by atoms with E-state index in [0.29, 0.717) is 29.5 Å². The van der Waals surface area contributed by atoms with Gasteiger partial charge in [0.15, 0.2) is 0 Å². The normalized spacial score (nSPS) is 11.8. The van der Waals surface area contributed by atoms with Gasteiger partial charge in [0, 0.05) is 18.4 Å². The van der Waals surface area contributed by atoms with Gasteiger partial charge in [-0.2, -0.15) is 15.0 Å². The summed E-state index contributed by atoms with van der Waals surface area (Å²) in [4.78, 5) is 48.2. The minimum atomic E-state index is -1.41. The summed E-state index contributed by atoms with van der Waals surface area (Å²) in [6.45, 7) is 13.0. The van der Waals surface area contributed by atoms with Crippen LogP contribution in [0.3, 0.4) is 0 Å². The number of carbonyl (C=O) groups is 2. The van der Waals surface area contributed by atoms with Gasteiger partial charge in [0.05, 0.1) is 11.2 Å². The van der Waals surface area contributed by atoms with E-state index in [4.69, 9.17) is 19.6 Å². The molecule has 0 bridgehead atoms. The topological polar surface area (TPSA) is 119 Å². The summed E-state index contributed by atoms with van der Waals surface area (Å²) in [6, 6.07) is 20.3. The van der Waals surface area contributed by atoms with Gasteiger partial charge in [-0.05, 0) is 58.6 Å². The van der Waals surface area contributed by atoms with Crippen molar-refractivity contribution in [1.82, 2.24) is 10.9 Å². The summed E-state index contributed by atoms with van der Waals surface area (Å²) in [6.07, 6.45) is 1.31. The Balaban J connectivity index is 2.14. The zero-order chi connectivity index (χ0) is 29.8. The van der Waals surface area contributed by atoms with Crippen molar-refractivity contribution in [2.24, 2.45) is 0 Å². The molecule has 0 spiro atoms. The van der Waals surface area contributed by atoms with Crippen molar-refractivity contribution in [3.05, 3.63) is 77.4 Å². The zero-order valence-electron chi connectivity index (χ0n) is 24.5. The molecule has 0 radical (unpaired) electrons. The molecule has 0 aliphatic rings. The molecule has 9 heteroatoms. The maximum atomic E-state index is 13.1. The second kappa shape index (κ2) is 14.7. The molecule has 216 valence electrons. The van der Waals surface area contributed by atoms with Crippen LogP contribution in [0.15, 0.2) is 66.2 Å². The molecule has 0 atom stereocenters. The lowest BCUT2D eigenvalue weighted by atomic mass is 9.93. The molecule has 0 aliphatic heterocycles. The number of rotatable bonds is 14. The minimum Gasteiger partial charge on any atom is -0.273 e. The molecule has 0 heterocycles. The van der Waals surface area contributed by atoms with E-state index < -0.39 is 28.8 Å². The van der Waals surface area contributed by atoms with E-state index in [1.165, 1.54) is 0 Å². The molecule has 2 aromatic rings. The predicted octanol–water partition coefficient (Wildman–Crippen LogP) is 5.93. The van der Waals surface area contributed by atoms with Crippen LogP contribution in [-0.4, -0.2) is 28.8 Å². The van der Waals surface area contributed by atoms with Crippen molar-refractivity contribution in [3.8, 4) is 6.07 Å². The van der Waals surface area contributed by atoms with Crippen molar-refractivity contribution in [3.63, 3.8) is 0 Å². The van der Waals surface area contributed by atoms with Crippen molar-refractivity contribution in [2.45, 2.75) is 91.1 Å². The summed E-state index contributed by atoms with van der Waals surface area (Å²) in [5.41, 5.74) is 5.27. The molecule has 2 amide bonds. The first-order valence-corrected chi connectivity index (χ1v) is 13.4. The first-order chi connectivity index (χ1) is 18.9. The van der Waals surface area contributed by atoms with Crippen LogP contribution in [0.25, 0.3) is 5.57 Å². The molecule has 0 unspecified atom stereocenters. The molecule has 0 saturated carbocycles. The molecule has 2 rings (SSSR count). The summed E-state index contributed by atoms with van der Waals surface area (Å²) in [5, 5.41) is 9.91. The number of hydrogen-bond acceptors (Lipinski definition) is 7. The van der Waals surface area contributed by atoms with Gasteiger partial charge in [-0.25, -0.2) is 9.78 Å². The second-order valence-corrected chi connectivity index (χ2v) is 10.8. The standard InChI is InChI=1S/C31H41N3O6/c1-8-29(3,4)37-39-31(7,40-38-30(5,6)9-2)21-20-26(35)33-34-28(36)25(22-32)27(23-16-12-10-13-17-23)24-18-14-11-15-19-24/h10-19H,8-9,20-21H2,1-7H3,(H,33,35)(H,34,36). The summed E-state index contributed by atoms with van der Waals surface area (Å²) in [5.74, 6) is -2.67. The molecule has 40 heavy (non-hydrogen) atoms. The van der Waals surface area contributed by atoms with Crippen molar-refractivity contribution in [2.75, 3.05) is 0 Å². The number of nitrogens with zero attached hydrogens (tertiary/aromatic N) is 1. The van der Waals surface area contributed by atoms with Crippen LogP contribution >= 0.6 is 0 Å². The van der Waals surface area contributed by atoms with Gasteiger partial charge in [-0.15, -0.1) is 0 Å². The van der Waals surface area contributed by atoms with Gasteiger partial charge < -0.3 is 0 Å². The minimum absolute atomic E-state index is 0.0501. The summed E-state index contributed by atoms with van der Waals surface area (Å²) in [7, 11) is 0. The molecule has 9 nitrogen and oxygen atoms in total. The van der Waals surface area contributed by atoms with Crippen LogP contribution in [0, 0.1) is 11.3 Å². The van der Waals surface area contributed by atoms with Gasteiger partial charge in [-0.1, -0.05) is 74.5 Å². The second-order valence-electron chi connectivity index (χ2n) is 10.8. The lowest BCUT2D eigenvalue weighted by Crippen LogP contribution is -2.44. The quantitative estimate of drug-likeness (QED) is 0.0982. The highest BCUT2D eigenvalue weighted by atomic mass is 17.3. The highest BCUT2D eigenvalue weighted by Gasteiger charge is 2.35. The van der Waals surface area contributed by atoms with Crippen molar-refractivity contribution >= 4 is 17.4 Å². The van der Waals surface area contributed by atoms with Crippen LogP contribution < -0.4 is 10.9 Å². The third kappa shape index (κ3) is 10.2. The maximum Gasteiger partial charge on any atom is 0.280 e. The fourth-order valence-electron chi connectivity index (χ4n) is 3.09. The van der Waals surface area contributed by atoms with E-state index in [0.717, 1.165) is 0 Å². The van der Waals surface area contributed by atoms with E-state index >= 15 is 0 Å². The first-order valence-electron chi connectivity index (χ1n) is 13.4. The molecule has 0 aliphatic carbocycles. The molecule has 0 fully saturated rings. The average molecular weight is 552 g/mol. The maximum absolute atomic E-state index is 13.1. The fourth-order valence-corrected chi connectivity index (χ4v) is 3.09. The van der Waals surface area contributed by atoms with Gasteiger partial charge in [0.25, 0.3) is 5.91 Å². The fraction of sp³-hybridized carbons (Fsp3) is 0.452. The molecule has 2 N–H and O–H groups in total. The number of hydrazine groups is 1. The number of amides is 2. The molecule has 2 aromatic carbocycles. The first kappa shape index (κ1) is 32.7. The Bertz CT molecular complexity index is 1130. The number of benzene rings is 2. The Kier molecular flexibility index (Phi) is 12.0. The Morgan fingerprint density at radius 3 is 1.60 bits per heavy atom. The van der Waals surface area contributed by atoms with Gasteiger partial charge in [0.1, 0.15) is 11.6 Å². The van der Waals surface area contributed by atoms with E-state index in [-0.39, 0.29) is 18.4 Å². The molecular weight excluding hydrogens is 510 g/mol. The third-order valence-electron chi connectivity index (χ3n) is 6.43. The zero-order valence-corrected chi connectivity index (χ0v) is 24.5. The van der Waals surface area contributed by atoms with Gasteiger partial charge >= 0.3 is 0 Å². The number of nitriles is 1. The summed E-state index contributed by atoms with van der Waals surface area (Å²) < 4.78 is 0. The number of nitrogens with one attached hydrogen (secondary N) is 2. The SMILES string of the molecule is CCC(C)(C)OOC(C)(CCC(=O)NNC(=O)C(C#N)=C(c1ccccc1)c1ccccc1)OOC(C)(C)CC. The van der Waals surface area contributed by atoms with Crippen LogP contribution in [-0.2, 0) is 29.1 Å². The molecule has 0 aromatic heterocycles.